The highest BCUT2D eigenvalue weighted by atomic mass is 14.2. The van der Waals surface area contributed by atoms with Crippen molar-refractivity contribution in [3.8, 4) is 33.4 Å². The van der Waals surface area contributed by atoms with Gasteiger partial charge in [0.25, 0.3) is 0 Å². The third kappa shape index (κ3) is 4.86. The van der Waals surface area contributed by atoms with Crippen molar-refractivity contribution in [1.29, 1.82) is 0 Å². The SMILES string of the molecule is C=C/C(=C\CCC)c1cccc(-c2ccc(-c3c4ccccc4c(-c4cccc5ccccc45)c4ccccc34)cc2)c1. The van der Waals surface area contributed by atoms with Crippen LogP contribution in [-0.4, -0.2) is 0 Å². The molecule has 0 aliphatic rings. The van der Waals surface area contributed by atoms with Crippen molar-refractivity contribution in [2.24, 2.45) is 0 Å². The van der Waals surface area contributed by atoms with E-state index in [1.165, 1.54) is 76.8 Å². The molecule has 0 nitrogen and oxygen atoms in total. The number of benzene rings is 7. The molecule has 0 saturated carbocycles. The molecule has 0 aliphatic heterocycles. The molecule has 0 spiro atoms. The molecule has 0 radical (unpaired) electrons. The molecule has 7 rings (SSSR count). The lowest BCUT2D eigenvalue weighted by atomic mass is 9.84. The van der Waals surface area contributed by atoms with E-state index in [2.05, 4.69) is 159 Å². The maximum atomic E-state index is 4.06. The fourth-order valence-electron chi connectivity index (χ4n) is 6.50. The first-order valence-electron chi connectivity index (χ1n) is 15.2. The number of fused-ring (bicyclic) bond motifs is 3. The van der Waals surface area contributed by atoms with E-state index in [9.17, 15) is 0 Å². The molecule has 7 aromatic rings. The van der Waals surface area contributed by atoms with Crippen LogP contribution in [0, 0.1) is 0 Å². The van der Waals surface area contributed by atoms with E-state index in [1.54, 1.807) is 0 Å². The first-order chi connectivity index (χ1) is 21.3. The van der Waals surface area contributed by atoms with Crippen molar-refractivity contribution in [2.75, 3.05) is 0 Å². The molecule has 0 aliphatic carbocycles. The molecule has 43 heavy (non-hydrogen) atoms. The first kappa shape index (κ1) is 26.7. The van der Waals surface area contributed by atoms with Gasteiger partial charge in [-0.15, -0.1) is 0 Å². The van der Waals surface area contributed by atoms with E-state index < -0.39 is 0 Å². The van der Waals surface area contributed by atoms with Crippen LogP contribution >= 0.6 is 0 Å². The Bertz CT molecular complexity index is 2080. The summed E-state index contributed by atoms with van der Waals surface area (Å²) in [5, 5.41) is 7.65. The Morgan fingerprint density at radius 1 is 0.535 bits per heavy atom. The number of allylic oxidation sites excluding steroid dienone is 3. The Labute approximate surface area is 254 Å². The second kappa shape index (κ2) is 11.6. The van der Waals surface area contributed by atoms with Gasteiger partial charge in [-0.3, -0.25) is 0 Å². The monoisotopic (exact) mass is 550 g/mol. The summed E-state index contributed by atoms with van der Waals surface area (Å²) in [6.07, 6.45) is 6.44. The van der Waals surface area contributed by atoms with Crippen LogP contribution in [0.2, 0.25) is 0 Å². The van der Waals surface area contributed by atoms with Crippen LogP contribution in [-0.2, 0) is 0 Å². The van der Waals surface area contributed by atoms with Crippen molar-refractivity contribution < 1.29 is 0 Å². The van der Waals surface area contributed by atoms with E-state index in [-0.39, 0.29) is 0 Å². The largest absolute Gasteiger partial charge is 0.0985 e. The van der Waals surface area contributed by atoms with Gasteiger partial charge < -0.3 is 0 Å². The molecule has 0 amide bonds. The first-order valence-corrected chi connectivity index (χ1v) is 15.2. The van der Waals surface area contributed by atoms with Gasteiger partial charge >= 0.3 is 0 Å². The number of unbranched alkanes of at least 4 members (excludes halogenated alkanes) is 1. The van der Waals surface area contributed by atoms with Gasteiger partial charge in [-0.2, -0.15) is 0 Å². The van der Waals surface area contributed by atoms with E-state index in [0.29, 0.717) is 0 Å². The van der Waals surface area contributed by atoms with Gasteiger partial charge in [-0.1, -0.05) is 166 Å². The fraction of sp³-hybridized carbons (Fsp3) is 0.0698. The molecule has 0 bridgehead atoms. The van der Waals surface area contributed by atoms with Crippen LogP contribution < -0.4 is 0 Å². The summed E-state index contributed by atoms with van der Waals surface area (Å²) in [5.41, 5.74) is 9.93. The van der Waals surface area contributed by atoms with Crippen LogP contribution in [0.15, 0.2) is 158 Å². The lowest BCUT2D eigenvalue weighted by molar-refractivity contribution is 0.960. The molecule has 0 heterocycles. The summed E-state index contributed by atoms with van der Waals surface area (Å²) in [7, 11) is 0. The van der Waals surface area contributed by atoms with Gasteiger partial charge in [-0.05, 0) is 89.3 Å². The highest BCUT2D eigenvalue weighted by Gasteiger charge is 2.17. The minimum absolute atomic E-state index is 1.06. The van der Waals surface area contributed by atoms with Crippen molar-refractivity contribution in [2.45, 2.75) is 19.8 Å². The average Bonchev–Trinajstić information content (AvgIpc) is 3.07. The van der Waals surface area contributed by atoms with Crippen LogP contribution in [0.5, 0.6) is 0 Å². The fourth-order valence-corrected chi connectivity index (χ4v) is 6.50. The van der Waals surface area contributed by atoms with Crippen LogP contribution in [0.3, 0.4) is 0 Å². The van der Waals surface area contributed by atoms with E-state index in [4.69, 9.17) is 0 Å². The predicted molar refractivity (Wildman–Crippen MR) is 188 cm³/mol. The molecule has 0 atom stereocenters. The molecule has 0 saturated heterocycles. The van der Waals surface area contributed by atoms with Crippen molar-refractivity contribution in [3.63, 3.8) is 0 Å². The summed E-state index contributed by atoms with van der Waals surface area (Å²) in [6, 6.07) is 51.0. The second-order valence-electron chi connectivity index (χ2n) is 11.2. The maximum absolute atomic E-state index is 4.06. The summed E-state index contributed by atoms with van der Waals surface area (Å²) >= 11 is 0. The zero-order valence-corrected chi connectivity index (χ0v) is 24.6. The summed E-state index contributed by atoms with van der Waals surface area (Å²) in [4.78, 5) is 0. The van der Waals surface area contributed by atoms with Gasteiger partial charge in [0.05, 0.1) is 0 Å². The molecule has 0 unspecified atom stereocenters. The lowest BCUT2D eigenvalue weighted by Gasteiger charge is -2.19. The maximum Gasteiger partial charge on any atom is -0.00201 e. The topological polar surface area (TPSA) is 0 Å². The lowest BCUT2D eigenvalue weighted by Crippen LogP contribution is -1.91. The Morgan fingerprint density at radius 2 is 1.09 bits per heavy atom. The van der Waals surface area contributed by atoms with E-state index in [1.807, 2.05) is 6.08 Å². The Morgan fingerprint density at radius 3 is 1.74 bits per heavy atom. The zero-order chi connectivity index (χ0) is 29.2. The second-order valence-corrected chi connectivity index (χ2v) is 11.2. The van der Waals surface area contributed by atoms with Crippen molar-refractivity contribution >= 4 is 37.9 Å². The molecule has 206 valence electrons. The Balaban J connectivity index is 1.40. The van der Waals surface area contributed by atoms with Crippen LogP contribution in [0.4, 0.5) is 0 Å². The highest BCUT2D eigenvalue weighted by Crippen LogP contribution is 2.45. The third-order valence-corrected chi connectivity index (χ3v) is 8.57. The highest BCUT2D eigenvalue weighted by molar-refractivity contribution is 6.23. The standard InChI is InChI=1S/C43H34/c1-3-5-14-30(4-2)34-17-12-18-35(29-34)31-25-27-33(28-26-31)42-38-20-8-10-22-40(38)43(41-23-11-9-21-39(41)42)37-24-13-16-32-15-6-7-19-36(32)37/h4,6-29H,2-3,5H2,1H3/b30-14+. The van der Waals surface area contributed by atoms with Crippen molar-refractivity contribution in [3.05, 3.63) is 164 Å². The summed E-state index contributed by atoms with van der Waals surface area (Å²) < 4.78 is 0. The minimum atomic E-state index is 1.06. The van der Waals surface area contributed by atoms with E-state index >= 15 is 0 Å². The van der Waals surface area contributed by atoms with Crippen LogP contribution in [0.25, 0.3) is 71.3 Å². The van der Waals surface area contributed by atoms with Gasteiger partial charge in [0.2, 0.25) is 0 Å². The molecule has 0 heteroatoms. The van der Waals surface area contributed by atoms with Gasteiger partial charge in [0.15, 0.2) is 0 Å². The minimum Gasteiger partial charge on any atom is -0.0985 e. The summed E-state index contributed by atoms with van der Waals surface area (Å²) in [6.45, 7) is 6.27. The molecular weight excluding hydrogens is 516 g/mol. The molecule has 0 aromatic heterocycles. The number of rotatable bonds is 7. The normalized spacial score (nSPS) is 11.8. The number of hydrogen-bond acceptors (Lipinski definition) is 0. The Kier molecular flexibility index (Phi) is 7.19. The van der Waals surface area contributed by atoms with Gasteiger partial charge in [0, 0.05) is 0 Å². The van der Waals surface area contributed by atoms with Crippen molar-refractivity contribution in [1.82, 2.24) is 0 Å². The van der Waals surface area contributed by atoms with E-state index in [0.717, 1.165) is 12.8 Å². The number of hydrogen-bond donors (Lipinski definition) is 0. The van der Waals surface area contributed by atoms with Gasteiger partial charge in [0.1, 0.15) is 0 Å². The quantitative estimate of drug-likeness (QED) is 0.137. The molecule has 0 fully saturated rings. The smallest absolute Gasteiger partial charge is 0.00201 e. The summed E-state index contributed by atoms with van der Waals surface area (Å²) in [5.74, 6) is 0. The molecule has 7 aromatic carbocycles. The Hall–Kier alpha value is -5.20. The predicted octanol–water partition coefficient (Wildman–Crippen LogP) is 12.5. The molecule has 0 N–H and O–H groups in total. The average molecular weight is 551 g/mol. The zero-order valence-electron chi connectivity index (χ0n) is 24.6. The van der Waals surface area contributed by atoms with Gasteiger partial charge in [-0.25, -0.2) is 0 Å². The molecular formula is C43H34. The van der Waals surface area contributed by atoms with Crippen LogP contribution in [0.1, 0.15) is 25.3 Å². The third-order valence-electron chi connectivity index (χ3n) is 8.57.